The fourth-order valence-corrected chi connectivity index (χ4v) is 1.58. The van der Waals surface area contributed by atoms with Crippen molar-refractivity contribution in [2.75, 3.05) is 5.73 Å². The summed E-state index contributed by atoms with van der Waals surface area (Å²) in [4.78, 5) is 11.8. The molecule has 1 aromatic carbocycles. The molecule has 4 heteroatoms. The number of rotatable bonds is 0. The van der Waals surface area contributed by atoms with Crippen LogP contribution in [0.3, 0.4) is 0 Å². The Labute approximate surface area is 100.0 Å². The van der Waals surface area contributed by atoms with Gasteiger partial charge >= 0.3 is 6.09 Å². The van der Waals surface area contributed by atoms with Crippen LogP contribution < -0.4 is 5.73 Å². The highest BCUT2D eigenvalue weighted by Gasteiger charge is 2.17. The third-order valence-corrected chi connectivity index (χ3v) is 2.27. The maximum absolute atomic E-state index is 11.8. The number of fused-ring (bicyclic) bond motifs is 1. The lowest BCUT2D eigenvalue weighted by atomic mass is 10.2. The highest BCUT2D eigenvalue weighted by molar-refractivity contribution is 5.89. The summed E-state index contributed by atoms with van der Waals surface area (Å²) in [6.07, 6.45) is 3.08. The van der Waals surface area contributed by atoms with Gasteiger partial charge in [0.05, 0.1) is 0 Å². The van der Waals surface area contributed by atoms with E-state index in [4.69, 9.17) is 10.5 Å². The molecule has 1 aromatic heterocycles. The quantitative estimate of drug-likeness (QED) is 0.710. The fourth-order valence-electron chi connectivity index (χ4n) is 1.58. The molecule has 0 atom stereocenters. The summed E-state index contributed by atoms with van der Waals surface area (Å²) in [7, 11) is 0. The van der Waals surface area contributed by atoms with Gasteiger partial charge in [-0.3, -0.25) is 4.57 Å². The Hall–Kier alpha value is -1.97. The average molecular weight is 232 g/mol. The molecule has 0 saturated carbocycles. The minimum Gasteiger partial charge on any atom is -0.443 e. The highest BCUT2D eigenvalue weighted by atomic mass is 16.6. The van der Waals surface area contributed by atoms with Gasteiger partial charge in [0.2, 0.25) is 0 Å². The van der Waals surface area contributed by atoms with Crippen LogP contribution in [0.25, 0.3) is 10.8 Å². The van der Waals surface area contributed by atoms with Gasteiger partial charge in [-0.25, -0.2) is 4.79 Å². The van der Waals surface area contributed by atoms with Crippen LogP contribution in [0.5, 0.6) is 0 Å². The molecule has 0 unspecified atom stereocenters. The SMILES string of the molecule is CC(C)(C)OC(=O)n1cc2ccc(N)cc2c1. The first-order chi connectivity index (χ1) is 7.85. The number of nitrogen functional groups attached to an aromatic ring is 1. The van der Waals surface area contributed by atoms with Gasteiger partial charge in [-0.2, -0.15) is 0 Å². The Balaban J connectivity index is 2.33. The second-order valence-corrected chi connectivity index (χ2v) is 5.03. The molecule has 0 spiro atoms. The number of carbonyl (C=O) groups is 1. The van der Waals surface area contributed by atoms with Gasteiger partial charge < -0.3 is 10.5 Å². The topological polar surface area (TPSA) is 57.2 Å². The summed E-state index contributed by atoms with van der Waals surface area (Å²) in [5.74, 6) is 0. The predicted octanol–water partition coefficient (Wildman–Crippen LogP) is 3.01. The molecular formula is C13H16N2O2. The first kappa shape index (κ1) is 11.5. The summed E-state index contributed by atoms with van der Waals surface area (Å²) >= 11 is 0. The van der Waals surface area contributed by atoms with Crippen molar-refractivity contribution >= 4 is 22.6 Å². The van der Waals surface area contributed by atoms with Crippen molar-refractivity contribution in [1.29, 1.82) is 0 Å². The highest BCUT2D eigenvalue weighted by Crippen LogP contribution is 2.19. The van der Waals surface area contributed by atoms with Crippen molar-refractivity contribution in [2.45, 2.75) is 26.4 Å². The van der Waals surface area contributed by atoms with Crippen LogP contribution >= 0.6 is 0 Å². The van der Waals surface area contributed by atoms with Crippen molar-refractivity contribution in [2.24, 2.45) is 0 Å². The lowest BCUT2D eigenvalue weighted by Gasteiger charge is -2.19. The molecule has 0 aliphatic rings. The van der Waals surface area contributed by atoms with E-state index in [2.05, 4.69) is 0 Å². The zero-order valence-corrected chi connectivity index (χ0v) is 10.2. The minimum atomic E-state index is -0.493. The lowest BCUT2D eigenvalue weighted by molar-refractivity contribution is 0.0538. The molecule has 1 heterocycles. The van der Waals surface area contributed by atoms with Crippen LogP contribution in [0.1, 0.15) is 20.8 Å². The van der Waals surface area contributed by atoms with Crippen molar-refractivity contribution in [3.8, 4) is 0 Å². The number of ether oxygens (including phenoxy) is 1. The number of anilines is 1. The van der Waals surface area contributed by atoms with E-state index in [1.165, 1.54) is 4.57 Å². The number of hydrogen-bond donors (Lipinski definition) is 1. The molecular weight excluding hydrogens is 216 g/mol. The van der Waals surface area contributed by atoms with Crippen LogP contribution in [0.15, 0.2) is 30.6 Å². The standard InChI is InChI=1S/C13H16N2O2/c1-13(2,3)17-12(16)15-7-9-4-5-11(14)6-10(9)8-15/h4-8H,14H2,1-3H3. The Bertz CT molecular complexity index is 564. The van der Waals surface area contributed by atoms with Gasteiger partial charge in [0.25, 0.3) is 0 Å². The first-order valence-corrected chi connectivity index (χ1v) is 5.46. The zero-order chi connectivity index (χ0) is 12.6. The van der Waals surface area contributed by atoms with Crippen LogP contribution in [0.4, 0.5) is 10.5 Å². The van der Waals surface area contributed by atoms with E-state index < -0.39 is 5.60 Å². The van der Waals surface area contributed by atoms with Gasteiger partial charge in [-0.1, -0.05) is 6.07 Å². The predicted molar refractivity (Wildman–Crippen MR) is 68.0 cm³/mol. The second kappa shape index (κ2) is 3.80. The molecule has 0 saturated heterocycles. The van der Waals surface area contributed by atoms with Crippen LogP contribution in [0, 0.1) is 0 Å². The third kappa shape index (κ3) is 2.58. The van der Waals surface area contributed by atoms with Gasteiger partial charge in [-0.15, -0.1) is 0 Å². The largest absolute Gasteiger partial charge is 0.443 e. The molecule has 90 valence electrons. The molecule has 0 amide bonds. The molecule has 0 aliphatic carbocycles. The summed E-state index contributed by atoms with van der Waals surface area (Å²) in [6, 6.07) is 5.52. The van der Waals surface area contributed by atoms with Crippen molar-refractivity contribution in [3.63, 3.8) is 0 Å². The Morgan fingerprint density at radius 3 is 2.53 bits per heavy atom. The summed E-state index contributed by atoms with van der Waals surface area (Å²) in [5.41, 5.74) is 5.87. The van der Waals surface area contributed by atoms with Crippen molar-refractivity contribution in [3.05, 3.63) is 30.6 Å². The smallest absolute Gasteiger partial charge is 0.418 e. The summed E-state index contributed by atoms with van der Waals surface area (Å²) in [5, 5.41) is 1.89. The maximum Gasteiger partial charge on any atom is 0.418 e. The Morgan fingerprint density at radius 1 is 1.24 bits per heavy atom. The average Bonchev–Trinajstić information content (AvgIpc) is 2.57. The third-order valence-electron chi connectivity index (χ3n) is 2.27. The van der Waals surface area contributed by atoms with E-state index in [1.807, 2.05) is 39.0 Å². The first-order valence-electron chi connectivity index (χ1n) is 5.46. The molecule has 0 aliphatic heterocycles. The van der Waals surface area contributed by atoms with Crippen LogP contribution in [-0.2, 0) is 4.74 Å². The normalized spacial score (nSPS) is 11.7. The van der Waals surface area contributed by atoms with E-state index in [9.17, 15) is 4.79 Å². The lowest BCUT2D eigenvalue weighted by Crippen LogP contribution is -2.26. The molecule has 17 heavy (non-hydrogen) atoms. The maximum atomic E-state index is 11.8. The molecule has 0 fully saturated rings. The molecule has 0 radical (unpaired) electrons. The number of hydrogen-bond acceptors (Lipinski definition) is 3. The monoisotopic (exact) mass is 232 g/mol. The summed E-state index contributed by atoms with van der Waals surface area (Å²) in [6.45, 7) is 5.52. The van der Waals surface area contributed by atoms with Crippen molar-refractivity contribution in [1.82, 2.24) is 4.57 Å². The Morgan fingerprint density at radius 2 is 1.88 bits per heavy atom. The molecule has 4 nitrogen and oxygen atoms in total. The van der Waals surface area contributed by atoms with Gasteiger partial charge in [0.15, 0.2) is 0 Å². The number of nitrogens with two attached hydrogens (primary N) is 1. The Kier molecular flexibility index (Phi) is 2.58. The van der Waals surface area contributed by atoms with E-state index in [-0.39, 0.29) is 6.09 Å². The number of aromatic nitrogens is 1. The van der Waals surface area contributed by atoms with E-state index >= 15 is 0 Å². The van der Waals surface area contributed by atoms with Crippen LogP contribution in [0.2, 0.25) is 0 Å². The number of benzene rings is 1. The van der Waals surface area contributed by atoms with Gasteiger partial charge in [0, 0.05) is 28.9 Å². The molecule has 0 bridgehead atoms. The second-order valence-electron chi connectivity index (χ2n) is 5.03. The molecule has 2 rings (SSSR count). The number of carbonyl (C=O) groups excluding carboxylic acids is 1. The summed E-state index contributed by atoms with van der Waals surface area (Å²) < 4.78 is 6.72. The molecule has 2 aromatic rings. The van der Waals surface area contributed by atoms with Crippen LogP contribution in [-0.4, -0.2) is 16.3 Å². The zero-order valence-electron chi connectivity index (χ0n) is 10.2. The number of nitrogens with zero attached hydrogens (tertiary/aromatic N) is 1. The van der Waals surface area contributed by atoms with Gasteiger partial charge in [-0.05, 0) is 32.9 Å². The van der Waals surface area contributed by atoms with Gasteiger partial charge in [0.1, 0.15) is 5.60 Å². The molecule has 2 N–H and O–H groups in total. The van der Waals surface area contributed by atoms with Crippen molar-refractivity contribution < 1.29 is 9.53 Å². The van der Waals surface area contributed by atoms with E-state index in [0.717, 1.165) is 10.8 Å². The fraction of sp³-hybridized carbons (Fsp3) is 0.308. The van der Waals surface area contributed by atoms with E-state index in [1.54, 1.807) is 12.4 Å². The minimum absolute atomic E-state index is 0.382. The van der Waals surface area contributed by atoms with E-state index in [0.29, 0.717) is 5.69 Å².